The highest BCUT2D eigenvalue weighted by molar-refractivity contribution is 6.29. The summed E-state index contributed by atoms with van der Waals surface area (Å²) >= 11 is 5.80. The molecule has 1 aromatic carbocycles. The number of anilines is 1. The third-order valence-corrected chi connectivity index (χ3v) is 3.67. The summed E-state index contributed by atoms with van der Waals surface area (Å²) in [7, 11) is 1.65. The lowest BCUT2D eigenvalue weighted by molar-refractivity contribution is -0.116. The summed E-state index contributed by atoms with van der Waals surface area (Å²) in [5.74, 6) is -0.0956. The van der Waals surface area contributed by atoms with Gasteiger partial charge in [0.1, 0.15) is 5.88 Å². The number of hydrogen-bond donors (Lipinski definition) is 0. The number of benzene rings is 1. The summed E-state index contributed by atoms with van der Waals surface area (Å²) in [6.45, 7) is 6.68. The lowest BCUT2D eigenvalue weighted by atomic mass is 10.0. The molecule has 0 aliphatic carbocycles. The zero-order valence-corrected chi connectivity index (χ0v) is 13.5. The van der Waals surface area contributed by atoms with Gasteiger partial charge >= 0.3 is 0 Å². The Morgan fingerprint density at radius 2 is 1.85 bits per heavy atom. The molecule has 0 N–H and O–H groups in total. The van der Waals surface area contributed by atoms with E-state index in [0.717, 1.165) is 18.5 Å². The van der Waals surface area contributed by atoms with Crippen LogP contribution in [0.2, 0.25) is 0 Å². The molecule has 0 saturated heterocycles. The Morgan fingerprint density at radius 1 is 1.30 bits per heavy atom. The zero-order chi connectivity index (χ0) is 15.1. The van der Waals surface area contributed by atoms with Crippen LogP contribution in [0.25, 0.3) is 0 Å². The van der Waals surface area contributed by atoms with Crippen LogP contribution in [-0.2, 0) is 22.4 Å². The molecule has 112 valence electrons. The van der Waals surface area contributed by atoms with Gasteiger partial charge in [0, 0.05) is 7.11 Å². The summed E-state index contributed by atoms with van der Waals surface area (Å²) in [5, 5.41) is 0. The van der Waals surface area contributed by atoms with Crippen LogP contribution < -0.4 is 4.90 Å². The van der Waals surface area contributed by atoms with Crippen molar-refractivity contribution in [2.75, 3.05) is 24.5 Å². The van der Waals surface area contributed by atoms with Crippen molar-refractivity contribution in [1.82, 2.24) is 0 Å². The van der Waals surface area contributed by atoms with Crippen LogP contribution in [0, 0.1) is 0 Å². The average Bonchev–Trinajstić information content (AvgIpc) is 2.47. The molecule has 1 aromatic rings. The lowest BCUT2D eigenvalue weighted by Gasteiger charge is -2.32. The van der Waals surface area contributed by atoms with Crippen LogP contribution in [0.15, 0.2) is 18.2 Å². The van der Waals surface area contributed by atoms with Gasteiger partial charge in [0.05, 0.1) is 18.3 Å². The lowest BCUT2D eigenvalue weighted by Crippen LogP contribution is -2.43. The van der Waals surface area contributed by atoms with Crippen molar-refractivity contribution in [3.05, 3.63) is 29.3 Å². The van der Waals surface area contributed by atoms with Gasteiger partial charge in [-0.25, -0.2) is 0 Å². The number of methoxy groups -OCH3 is 1. The second kappa shape index (κ2) is 8.28. The highest BCUT2D eigenvalue weighted by Crippen LogP contribution is 2.29. The van der Waals surface area contributed by atoms with E-state index in [4.69, 9.17) is 16.3 Å². The molecule has 1 atom stereocenters. The van der Waals surface area contributed by atoms with Crippen LogP contribution in [0.4, 0.5) is 5.69 Å². The van der Waals surface area contributed by atoms with Gasteiger partial charge in [0.25, 0.3) is 0 Å². The number of carbonyl (C=O) groups is 1. The topological polar surface area (TPSA) is 29.5 Å². The molecule has 0 spiro atoms. The maximum atomic E-state index is 12.3. The Labute approximate surface area is 126 Å². The number of alkyl halides is 1. The molecule has 0 radical (unpaired) electrons. The smallest absolute Gasteiger partial charge is 0.242 e. The van der Waals surface area contributed by atoms with E-state index in [1.54, 1.807) is 12.0 Å². The quantitative estimate of drug-likeness (QED) is 0.722. The standard InChI is InChI=1S/C16H24ClNO2/c1-5-13-8-7-9-14(6-2)16(13)18(15(19)10-17)12(3)11-20-4/h7-9,12H,5-6,10-11H2,1-4H3/t12-/m0/s1. The monoisotopic (exact) mass is 297 g/mol. The van der Waals surface area contributed by atoms with Gasteiger partial charge < -0.3 is 9.64 Å². The molecule has 1 amide bonds. The minimum atomic E-state index is -0.0770. The van der Waals surface area contributed by atoms with Crippen LogP contribution in [-0.4, -0.2) is 31.5 Å². The molecule has 20 heavy (non-hydrogen) atoms. The third-order valence-electron chi connectivity index (χ3n) is 3.44. The molecule has 0 unspecified atom stereocenters. The maximum Gasteiger partial charge on any atom is 0.242 e. The first-order valence-corrected chi connectivity index (χ1v) is 7.61. The molecule has 4 heteroatoms. The number of amides is 1. The summed E-state index contributed by atoms with van der Waals surface area (Å²) in [5.41, 5.74) is 3.35. The summed E-state index contributed by atoms with van der Waals surface area (Å²) in [6.07, 6.45) is 1.77. The zero-order valence-electron chi connectivity index (χ0n) is 12.8. The first kappa shape index (κ1) is 17.0. The van der Waals surface area contributed by atoms with E-state index in [9.17, 15) is 4.79 Å². The van der Waals surface area contributed by atoms with E-state index in [1.165, 1.54) is 11.1 Å². The minimum Gasteiger partial charge on any atom is -0.383 e. The van der Waals surface area contributed by atoms with Crippen molar-refractivity contribution in [3.63, 3.8) is 0 Å². The van der Waals surface area contributed by atoms with Crippen molar-refractivity contribution in [3.8, 4) is 0 Å². The number of hydrogen-bond acceptors (Lipinski definition) is 2. The number of carbonyl (C=O) groups excluding carboxylic acids is 1. The largest absolute Gasteiger partial charge is 0.383 e. The predicted octanol–water partition coefficient (Wildman–Crippen LogP) is 3.42. The van der Waals surface area contributed by atoms with Gasteiger partial charge in [-0.2, -0.15) is 0 Å². The maximum absolute atomic E-state index is 12.3. The van der Waals surface area contributed by atoms with Crippen molar-refractivity contribution >= 4 is 23.2 Å². The van der Waals surface area contributed by atoms with Crippen molar-refractivity contribution in [2.24, 2.45) is 0 Å². The SMILES string of the molecule is CCc1cccc(CC)c1N(C(=O)CCl)[C@@H](C)COC. The van der Waals surface area contributed by atoms with Gasteiger partial charge in [-0.05, 0) is 30.9 Å². The Kier molecular flexibility index (Phi) is 7.03. The number of para-hydroxylation sites is 1. The Morgan fingerprint density at radius 3 is 2.25 bits per heavy atom. The number of rotatable bonds is 7. The number of aryl methyl sites for hydroxylation is 2. The predicted molar refractivity (Wildman–Crippen MR) is 84.7 cm³/mol. The molecular formula is C16H24ClNO2. The Hall–Kier alpha value is -1.06. The van der Waals surface area contributed by atoms with Crippen LogP contribution in [0.5, 0.6) is 0 Å². The summed E-state index contributed by atoms with van der Waals surface area (Å²) in [6, 6.07) is 6.15. The first-order chi connectivity index (χ1) is 9.60. The molecule has 0 aliphatic rings. The van der Waals surface area contributed by atoms with E-state index < -0.39 is 0 Å². The highest BCUT2D eigenvalue weighted by Gasteiger charge is 2.25. The number of halogens is 1. The van der Waals surface area contributed by atoms with Crippen LogP contribution >= 0.6 is 11.6 Å². The van der Waals surface area contributed by atoms with Crippen molar-refractivity contribution in [2.45, 2.75) is 39.7 Å². The third kappa shape index (κ3) is 3.74. The van der Waals surface area contributed by atoms with E-state index in [0.29, 0.717) is 6.61 Å². The van der Waals surface area contributed by atoms with E-state index in [-0.39, 0.29) is 17.8 Å². The number of ether oxygens (including phenoxy) is 1. The molecule has 1 rings (SSSR count). The van der Waals surface area contributed by atoms with Gasteiger partial charge in [0.2, 0.25) is 5.91 Å². The first-order valence-electron chi connectivity index (χ1n) is 7.08. The normalized spacial score (nSPS) is 12.2. The van der Waals surface area contributed by atoms with Crippen molar-refractivity contribution < 1.29 is 9.53 Å². The second-order valence-electron chi connectivity index (χ2n) is 4.83. The van der Waals surface area contributed by atoms with E-state index in [2.05, 4.69) is 26.0 Å². The van der Waals surface area contributed by atoms with Gasteiger partial charge in [-0.1, -0.05) is 32.0 Å². The molecule has 0 aromatic heterocycles. The molecular weight excluding hydrogens is 274 g/mol. The fraction of sp³-hybridized carbons (Fsp3) is 0.562. The molecule has 0 heterocycles. The van der Waals surface area contributed by atoms with Crippen LogP contribution in [0.3, 0.4) is 0 Å². The summed E-state index contributed by atoms with van der Waals surface area (Å²) < 4.78 is 5.21. The summed E-state index contributed by atoms with van der Waals surface area (Å²) in [4.78, 5) is 14.1. The van der Waals surface area contributed by atoms with Gasteiger partial charge in [-0.15, -0.1) is 11.6 Å². The second-order valence-corrected chi connectivity index (χ2v) is 5.10. The van der Waals surface area contributed by atoms with E-state index >= 15 is 0 Å². The number of nitrogens with zero attached hydrogens (tertiary/aromatic N) is 1. The average molecular weight is 298 g/mol. The molecule has 0 fully saturated rings. The molecule has 0 bridgehead atoms. The van der Waals surface area contributed by atoms with Gasteiger partial charge in [-0.3, -0.25) is 4.79 Å². The van der Waals surface area contributed by atoms with E-state index in [1.807, 2.05) is 13.0 Å². The fourth-order valence-corrected chi connectivity index (χ4v) is 2.62. The Balaban J connectivity index is 3.35. The fourth-order valence-electron chi connectivity index (χ4n) is 2.50. The van der Waals surface area contributed by atoms with Crippen LogP contribution in [0.1, 0.15) is 31.9 Å². The minimum absolute atomic E-state index is 0.0186. The highest BCUT2D eigenvalue weighted by atomic mass is 35.5. The molecule has 3 nitrogen and oxygen atoms in total. The molecule has 0 saturated carbocycles. The van der Waals surface area contributed by atoms with Crippen molar-refractivity contribution in [1.29, 1.82) is 0 Å². The molecule has 0 aliphatic heterocycles. The van der Waals surface area contributed by atoms with Gasteiger partial charge in [0.15, 0.2) is 0 Å². The Bertz CT molecular complexity index is 426.